The molecule has 0 unspecified atom stereocenters. The van der Waals surface area contributed by atoms with Crippen molar-refractivity contribution in [2.45, 2.75) is 0 Å². The highest BCUT2D eigenvalue weighted by Gasteiger charge is 2.25. The molecule has 0 saturated heterocycles. The second kappa shape index (κ2) is 15.1. The summed E-state index contributed by atoms with van der Waals surface area (Å²) in [5.74, 6) is 0. The van der Waals surface area contributed by atoms with Crippen LogP contribution in [0, 0.1) is 0 Å². The van der Waals surface area contributed by atoms with Gasteiger partial charge in [-0.3, -0.25) is 0 Å². The molecule has 0 N–H and O–H groups in total. The number of para-hydroxylation sites is 1. The minimum absolute atomic E-state index is 1.17. The van der Waals surface area contributed by atoms with Crippen LogP contribution in [-0.2, 0) is 0 Å². The summed E-state index contributed by atoms with van der Waals surface area (Å²) in [6.45, 7) is 0. The van der Waals surface area contributed by atoms with Crippen molar-refractivity contribution >= 4 is 137 Å². The number of nitrogens with zero attached hydrogens (tertiary/aromatic N) is 2. The number of aromatic nitrogens is 2. The maximum atomic E-state index is 2.57. The van der Waals surface area contributed by atoms with Crippen LogP contribution in [0.3, 0.4) is 0 Å². The summed E-state index contributed by atoms with van der Waals surface area (Å²) in [6.07, 6.45) is 0. The Morgan fingerprint density at radius 1 is 0.270 bits per heavy atom. The lowest BCUT2D eigenvalue weighted by molar-refractivity contribution is 1.18. The first kappa shape index (κ1) is 38.9. The van der Waals surface area contributed by atoms with Crippen molar-refractivity contribution in [2.24, 2.45) is 0 Å². The third-order valence-corrected chi connectivity index (χ3v) is 14.2. The van der Waals surface area contributed by atoms with Crippen LogP contribution in [0.4, 0.5) is 0 Å². The fraction of sp³-hybridized carbons (Fsp3) is 0. The third-order valence-electron chi connectivity index (χ3n) is 14.2. The van der Waals surface area contributed by atoms with Gasteiger partial charge in [0.2, 0.25) is 0 Å². The first-order chi connectivity index (χ1) is 30.7. The van der Waals surface area contributed by atoms with Crippen molar-refractivity contribution in [2.75, 3.05) is 0 Å². The average molecular weight is 796 g/mol. The molecule has 0 aliphatic heterocycles. The van der Waals surface area contributed by atoms with E-state index in [0.29, 0.717) is 0 Å². The van der Waals surface area contributed by atoms with Gasteiger partial charge >= 0.3 is 0 Å². The van der Waals surface area contributed by atoms with Crippen molar-refractivity contribution in [1.29, 1.82) is 0 Å². The zero-order valence-electron chi connectivity index (χ0n) is 37.1. The maximum absolute atomic E-state index is 2.57. The Morgan fingerprint density at radius 2 is 0.683 bits per heavy atom. The lowest BCUT2D eigenvalue weighted by Crippen LogP contribution is -2.48. The van der Waals surface area contributed by atoms with E-state index in [2.05, 4.69) is 240 Å². The fourth-order valence-corrected chi connectivity index (χ4v) is 10.6. The zero-order valence-corrected chi connectivity index (χ0v) is 37.1. The van der Waals surface area contributed by atoms with Crippen LogP contribution < -0.4 is 38.2 Å². The van der Waals surface area contributed by atoms with E-state index in [9.17, 15) is 0 Å². The smallest absolute Gasteiger partial charge is 0.141 e. The molecule has 0 amide bonds. The summed E-state index contributed by atoms with van der Waals surface area (Å²) < 4.78 is 5.00. The third kappa shape index (κ3) is 6.12. The van der Waals surface area contributed by atoms with E-state index in [4.69, 9.17) is 0 Å². The molecule has 11 aromatic rings. The van der Waals surface area contributed by atoms with E-state index < -0.39 is 0 Å². The molecule has 11 rings (SSSR count). The highest BCUT2D eigenvalue weighted by atomic mass is 15.0. The highest BCUT2D eigenvalue weighted by molar-refractivity contribution is 6.69. The lowest BCUT2D eigenvalue weighted by atomic mass is 9.64. The molecular weight excluding hydrogens is 752 g/mol. The van der Waals surface area contributed by atoms with Crippen molar-refractivity contribution in [3.05, 3.63) is 176 Å². The molecule has 0 fully saturated rings. The molecule has 0 atom stereocenters. The minimum atomic E-state index is 1.17. The summed E-state index contributed by atoms with van der Waals surface area (Å²) in [5, 5.41) is 5.23. The Bertz CT molecular complexity index is 3620. The SMILES string of the molecule is Bc1c(B)c(B)c2c(c1B)c1c(B)c(-c3ccc4c(c3)c3cc(-c5ccccc5)ccc3n4-c3ccccc3)c(B)c(B)c1n2-c1ccc(-c2cccc(-c3ccccc3)c2)cc1. The van der Waals surface area contributed by atoms with E-state index in [1.807, 2.05) is 0 Å². The van der Waals surface area contributed by atoms with E-state index in [1.165, 1.54) is 138 Å². The van der Waals surface area contributed by atoms with Gasteiger partial charge in [0.15, 0.2) is 0 Å². The van der Waals surface area contributed by atoms with Gasteiger partial charge in [-0.2, -0.15) is 0 Å². The van der Waals surface area contributed by atoms with Gasteiger partial charge in [0.1, 0.15) is 54.9 Å². The molecule has 63 heavy (non-hydrogen) atoms. The Kier molecular flexibility index (Phi) is 9.35. The van der Waals surface area contributed by atoms with E-state index in [1.54, 1.807) is 0 Å². The number of rotatable bonds is 6. The molecule has 0 bridgehead atoms. The summed E-state index contributed by atoms with van der Waals surface area (Å²) in [4.78, 5) is 0. The minimum Gasteiger partial charge on any atom is -0.310 e. The van der Waals surface area contributed by atoms with Gasteiger partial charge in [-0.05, 0) is 104 Å². The van der Waals surface area contributed by atoms with Gasteiger partial charge in [-0.1, -0.05) is 154 Å². The van der Waals surface area contributed by atoms with Crippen LogP contribution in [0.2, 0.25) is 0 Å². The molecule has 9 heteroatoms. The first-order valence-electron chi connectivity index (χ1n) is 22.2. The standard InChI is InChI=1S/C54H43B7N2/c55-46-43(36-22-26-42-40(29-36)39-28-35(31-13-6-2-7-14-31)21-25-41(39)62(42)37-17-8-3-9-18-37)47(56)51(60)53-44(46)45-48(57)49(58)50(59)52(61)54(45)63(53)38-23-19-32(20-24-38)34-16-10-15-33(27-34)30-11-4-1-5-12-30/h1-29H,55-61H2. The van der Waals surface area contributed by atoms with Gasteiger partial charge < -0.3 is 9.13 Å². The normalized spacial score (nSPS) is 11.6. The second-order valence-corrected chi connectivity index (χ2v) is 17.5. The molecular formula is C54H43B7N2. The number of hydrogen-bond donors (Lipinski definition) is 0. The second-order valence-electron chi connectivity index (χ2n) is 17.5. The largest absolute Gasteiger partial charge is 0.310 e. The van der Waals surface area contributed by atoms with Crippen LogP contribution in [0.5, 0.6) is 0 Å². The summed E-state index contributed by atoms with van der Waals surface area (Å²) in [7, 11) is 16.3. The van der Waals surface area contributed by atoms with Crippen LogP contribution in [-0.4, -0.2) is 64.1 Å². The predicted octanol–water partition coefficient (Wildman–Crippen LogP) is 2.36. The number of fused-ring (bicyclic) bond motifs is 6. The molecule has 0 radical (unpaired) electrons. The van der Waals surface area contributed by atoms with Gasteiger partial charge in [0.25, 0.3) is 0 Å². The van der Waals surface area contributed by atoms with Gasteiger partial charge in [0.05, 0.1) is 11.0 Å². The van der Waals surface area contributed by atoms with Crippen LogP contribution in [0.25, 0.3) is 99.5 Å². The maximum Gasteiger partial charge on any atom is 0.141 e. The van der Waals surface area contributed by atoms with Crippen molar-refractivity contribution < 1.29 is 0 Å². The Morgan fingerprint density at radius 3 is 1.27 bits per heavy atom. The van der Waals surface area contributed by atoms with Crippen molar-refractivity contribution in [1.82, 2.24) is 9.13 Å². The molecule has 0 saturated carbocycles. The molecule has 0 aliphatic carbocycles. The van der Waals surface area contributed by atoms with E-state index in [0.717, 1.165) is 0 Å². The fourth-order valence-electron chi connectivity index (χ4n) is 10.6. The molecule has 2 aromatic heterocycles. The average Bonchev–Trinajstić information content (AvgIpc) is 3.87. The van der Waals surface area contributed by atoms with E-state index >= 15 is 0 Å². The Balaban J connectivity index is 1.13. The first-order valence-corrected chi connectivity index (χ1v) is 22.2. The van der Waals surface area contributed by atoms with Gasteiger partial charge in [-0.25, -0.2) is 0 Å². The lowest BCUT2D eigenvalue weighted by Gasteiger charge is -2.19. The van der Waals surface area contributed by atoms with Gasteiger partial charge in [0, 0.05) is 38.6 Å². The highest BCUT2D eigenvalue weighted by Crippen LogP contribution is 2.38. The predicted molar refractivity (Wildman–Crippen MR) is 294 cm³/mol. The molecule has 0 aliphatic rings. The van der Waals surface area contributed by atoms with E-state index in [-0.39, 0.29) is 0 Å². The molecule has 2 nitrogen and oxygen atoms in total. The van der Waals surface area contributed by atoms with Crippen molar-refractivity contribution in [3.8, 4) is 55.9 Å². The van der Waals surface area contributed by atoms with Crippen LogP contribution in [0.1, 0.15) is 0 Å². The molecule has 290 valence electrons. The molecule has 2 heterocycles. The quantitative estimate of drug-likeness (QED) is 0.229. The Hall–Kier alpha value is -6.97. The monoisotopic (exact) mass is 796 g/mol. The van der Waals surface area contributed by atoms with Gasteiger partial charge in [-0.15, -0.1) is 5.46 Å². The van der Waals surface area contributed by atoms with Crippen molar-refractivity contribution in [3.63, 3.8) is 0 Å². The Labute approximate surface area is 375 Å². The van der Waals surface area contributed by atoms with Crippen LogP contribution in [0.15, 0.2) is 176 Å². The topological polar surface area (TPSA) is 9.86 Å². The summed E-state index contributed by atoms with van der Waals surface area (Å²) in [6, 6.07) is 64.5. The molecule has 0 spiro atoms. The summed E-state index contributed by atoms with van der Waals surface area (Å²) in [5.41, 5.74) is 26.7. The number of benzene rings is 9. The molecule has 9 aromatic carbocycles. The zero-order chi connectivity index (χ0) is 43.1. The van der Waals surface area contributed by atoms with Crippen LogP contribution >= 0.6 is 0 Å². The summed E-state index contributed by atoms with van der Waals surface area (Å²) >= 11 is 0. The number of hydrogen-bond acceptors (Lipinski definition) is 0.